The Hall–Kier alpha value is 0.0400. The first-order valence-electron chi connectivity index (χ1n) is 3.95. The Morgan fingerprint density at radius 3 is 1.54 bits per heavy atom. The van der Waals surface area contributed by atoms with Gasteiger partial charge < -0.3 is 13.9 Å². The minimum Gasteiger partial charge on any atom is -0.329 e. The maximum absolute atomic E-state index is 12.3. The van der Waals surface area contributed by atoms with Gasteiger partial charge in [0.25, 0.3) is 0 Å². The Labute approximate surface area is 76.9 Å². The van der Waals surface area contributed by atoms with Gasteiger partial charge in [0.1, 0.15) is 0 Å². The van der Waals surface area contributed by atoms with Gasteiger partial charge in [0.2, 0.25) is 0 Å². The molecule has 0 rings (SSSR count). The standard InChI is InChI=1S/C7H15F2O3P/c1-5(2)11-13(10,7(8)9)12-6(3)4/h5-6,10H,1-4H3. The van der Waals surface area contributed by atoms with Crippen LogP contribution in [0.5, 0.6) is 0 Å². The Balaban J connectivity index is 4.66. The number of rotatable bonds is 4. The maximum Gasteiger partial charge on any atom is 0.342 e. The molecule has 0 aliphatic heterocycles. The maximum atomic E-state index is 12.3. The molecular weight excluding hydrogens is 201 g/mol. The molecule has 0 aromatic rings. The van der Waals surface area contributed by atoms with Crippen LogP contribution in [-0.2, 0) is 9.05 Å². The van der Waals surface area contributed by atoms with Crippen molar-refractivity contribution in [1.82, 2.24) is 0 Å². The van der Waals surface area contributed by atoms with Crippen LogP contribution >= 0.6 is 7.57 Å². The van der Waals surface area contributed by atoms with Gasteiger partial charge in [-0.1, -0.05) is 0 Å². The van der Waals surface area contributed by atoms with Gasteiger partial charge in [-0.15, -0.1) is 0 Å². The third-order valence-corrected chi connectivity index (χ3v) is 2.76. The summed E-state index contributed by atoms with van der Waals surface area (Å²) in [6.45, 7) is 6.21. The summed E-state index contributed by atoms with van der Waals surface area (Å²) in [6, 6.07) is 0. The van der Waals surface area contributed by atoms with Gasteiger partial charge in [-0.2, -0.15) is 8.78 Å². The number of halogens is 2. The molecule has 13 heavy (non-hydrogen) atoms. The van der Waals surface area contributed by atoms with Crippen molar-refractivity contribution in [2.45, 2.75) is 39.9 Å². The van der Waals surface area contributed by atoms with Crippen LogP contribution in [0.2, 0.25) is 0 Å². The third-order valence-electron chi connectivity index (χ3n) is 0.921. The van der Waals surface area contributed by atoms with Crippen LogP contribution in [0.15, 0.2) is 0 Å². The van der Waals surface area contributed by atoms with E-state index in [9.17, 15) is 13.7 Å². The first-order chi connectivity index (χ1) is 5.78. The van der Waals surface area contributed by atoms with Gasteiger partial charge in [0, 0.05) is 0 Å². The first-order valence-corrected chi connectivity index (χ1v) is 5.53. The zero-order chi connectivity index (χ0) is 10.6. The Morgan fingerprint density at radius 2 is 1.38 bits per heavy atom. The van der Waals surface area contributed by atoms with Gasteiger partial charge in [-0.3, -0.25) is 0 Å². The molecule has 0 bridgehead atoms. The molecule has 6 heteroatoms. The molecule has 0 saturated heterocycles. The Kier molecular flexibility index (Phi) is 5.07. The molecule has 0 radical (unpaired) electrons. The molecule has 0 atom stereocenters. The van der Waals surface area contributed by atoms with Crippen LogP contribution in [0.1, 0.15) is 27.7 Å². The lowest BCUT2D eigenvalue weighted by Crippen LogP contribution is -2.10. The van der Waals surface area contributed by atoms with Crippen LogP contribution < -0.4 is 0 Å². The number of hydrogen-bond acceptors (Lipinski definition) is 3. The smallest absolute Gasteiger partial charge is 0.329 e. The van der Waals surface area contributed by atoms with Gasteiger partial charge >= 0.3 is 13.4 Å². The fourth-order valence-electron chi connectivity index (χ4n) is 0.676. The second-order valence-corrected chi connectivity index (χ2v) is 4.87. The van der Waals surface area contributed by atoms with Crippen LogP contribution in [0.4, 0.5) is 8.78 Å². The fraction of sp³-hybridized carbons (Fsp3) is 0.857. The fourth-order valence-corrected chi connectivity index (χ4v) is 2.03. The van der Waals surface area contributed by atoms with E-state index in [1.54, 1.807) is 27.7 Å². The zero-order valence-electron chi connectivity index (χ0n) is 8.12. The van der Waals surface area contributed by atoms with E-state index in [0.29, 0.717) is 0 Å². The summed E-state index contributed by atoms with van der Waals surface area (Å²) >= 11 is 0. The molecule has 0 aromatic heterocycles. The molecule has 0 fully saturated rings. The van der Waals surface area contributed by atoms with Gasteiger partial charge in [0.05, 0.1) is 12.2 Å². The SMILES string of the molecule is CC(C)OP(O)(OC(C)C)=C(F)F. The minimum atomic E-state index is -4.07. The molecule has 3 nitrogen and oxygen atoms in total. The lowest BCUT2D eigenvalue weighted by Gasteiger charge is -2.22. The van der Waals surface area contributed by atoms with E-state index in [-0.39, 0.29) is 0 Å². The Morgan fingerprint density at radius 1 is 1.08 bits per heavy atom. The van der Waals surface area contributed by atoms with Crippen LogP contribution in [0.3, 0.4) is 0 Å². The predicted octanol–water partition coefficient (Wildman–Crippen LogP) is 2.62. The molecule has 0 aliphatic rings. The molecular formula is C7H15F2O3P. The van der Waals surface area contributed by atoms with E-state index in [4.69, 9.17) is 0 Å². The lowest BCUT2D eigenvalue weighted by atomic mass is 10.5. The Bertz CT molecular complexity index is 198. The van der Waals surface area contributed by atoms with E-state index in [1.165, 1.54) is 0 Å². The highest BCUT2D eigenvalue weighted by atomic mass is 31.2. The van der Waals surface area contributed by atoms with Gasteiger partial charge in [-0.05, 0) is 27.7 Å². The van der Waals surface area contributed by atoms with Crippen LogP contribution in [-0.4, -0.2) is 22.9 Å². The highest BCUT2D eigenvalue weighted by Gasteiger charge is 2.27. The van der Waals surface area contributed by atoms with Crippen molar-refractivity contribution in [2.24, 2.45) is 0 Å². The minimum absolute atomic E-state index is 0.501. The monoisotopic (exact) mass is 216 g/mol. The topological polar surface area (TPSA) is 38.7 Å². The van der Waals surface area contributed by atoms with E-state index < -0.39 is 25.6 Å². The molecule has 0 aliphatic carbocycles. The molecule has 0 spiro atoms. The van der Waals surface area contributed by atoms with Gasteiger partial charge in [-0.25, -0.2) is 0 Å². The highest BCUT2D eigenvalue weighted by molar-refractivity contribution is 7.60. The first kappa shape index (κ1) is 13.0. The van der Waals surface area contributed by atoms with Crippen molar-refractivity contribution in [3.8, 4) is 0 Å². The largest absolute Gasteiger partial charge is 0.342 e. The van der Waals surface area contributed by atoms with Crippen molar-refractivity contribution >= 4 is 13.4 Å². The van der Waals surface area contributed by atoms with E-state index >= 15 is 0 Å². The summed E-state index contributed by atoms with van der Waals surface area (Å²) in [5.41, 5.74) is 0. The van der Waals surface area contributed by atoms with Crippen molar-refractivity contribution < 1.29 is 22.7 Å². The summed E-state index contributed by atoms with van der Waals surface area (Å²) in [7, 11) is -4.07. The van der Waals surface area contributed by atoms with Crippen molar-refractivity contribution in [1.29, 1.82) is 0 Å². The predicted molar refractivity (Wildman–Crippen MR) is 48.8 cm³/mol. The second-order valence-electron chi connectivity index (χ2n) is 3.07. The van der Waals surface area contributed by atoms with Crippen molar-refractivity contribution in [2.75, 3.05) is 0 Å². The average molecular weight is 216 g/mol. The quantitative estimate of drug-likeness (QED) is 0.734. The summed E-state index contributed by atoms with van der Waals surface area (Å²) in [4.78, 5) is 9.31. The van der Waals surface area contributed by atoms with Crippen LogP contribution in [0, 0.1) is 0 Å². The molecule has 0 saturated carbocycles. The average Bonchev–Trinajstić information content (AvgIpc) is 1.82. The molecule has 0 heterocycles. The van der Waals surface area contributed by atoms with E-state index in [2.05, 4.69) is 9.05 Å². The molecule has 0 amide bonds. The third kappa shape index (κ3) is 4.72. The molecule has 0 unspecified atom stereocenters. The highest BCUT2D eigenvalue weighted by Crippen LogP contribution is 2.50. The molecule has 80 valence electrons. The van der Waals surface area contributed by atoms with Crippen molar-refractivity contribution in [3.05, 3.63) is 0 Å². The molecule has 1 N–H and O–H groups in total. The van der Waals surface area contributed by atoms with E-state index in [0.717, 1.165) is 0 Å². The summed E-state index contributed by atoms with van der Waals surface area (Å²) in [6.07, 6.45) is -1.00. The summed E-state index contributed by atoms with van der Waals surface area (Å²) < 4.78 is 33.9. The zero-order valence-corrected chi connectivity index (χ0v) is 9.02. The summed E-state index contributed by atoms with van der Waals surface area (Å²) in [5, 5.41) is 0. The van der Waals surface area contributed by atoms with Crippen molar-refractivity contribution in [3.63, 3.8) is 0 Å². The number of hydrogen-bond donors (Lipinski definition) is 1. The summed E-state index contributed by atoms with van der Waals surface area (Å²) in [5.74, 6) is -2.19. The van der Waals surface area contributed by atoms with Gasteiger partial charge in [0.15, 0.2) is 0 Å². The lowest BCUT2D eigenvalue weighted by molar-refractivity contribution is 0.131. The second kappa shape index (κ2) is 5.05. The molecule has 0 aromatic carbocycles. The van der Waals surface area contributed by atoms with E-state index in [1.807, 2.05) is 0 Å². The normalized spacial score (nSPS) is 12.7. The van der Waals surface area contributed by atoms with Crippen LogP contribution in [0.25, 0.3) is 0 Å².